The van der Waals surface area contributed by atoms with Crippen LogP contribution >= 0.6 is 35.2 Å². The Balaban J connectivity index is 2.10. The summed E-state index contributed by atoms with van der Waals surface area (Å²) in [5.41, 5.74) is 3.20. The molecule has 2 aromatic carbocycles. The molecule has 1 N–H and O–H groups in total. The molecule has 0 saturated carbocycles. The predicted molar refractivity (Wildman–Crippen MR) is 91.9 cm³/mol. The van der Waals surface area contributed by atoms with Crippen molar-refractivity contribution >= 4 is 35.2 Å². The van der Waals surface area contributed by atoms with Gasteiger partial charge < -0.3 is 9.72 Å². The Morgan fingerprint density at radius 2 is 1.62 bits per heavy atom. The molecular weight excluding hydrogens is 322 g/mol. The number of hydrogen-bond donors (Lipinski definition) is 1. The van der Waals surface area contributed by atoms with Crippen LogP contribution in [0.25, 0.3) is 21.7 Å². The normalized spacial score (nSPS) is 10.6. The van der Waals surface area contributed by atoms with E-state index in [9.17, 15) is 0 Å². The van der Waals surface area contributed by atoms with Crippen LogP contribution in [0.4, 0.5) is 0 Å². The van der Waals surface area contributed by atoms with Gasteiger partial charge in [0.15, 0.2) is 3.95 Å². The summed E-state index contributed by atoms with van der Waals surface area (Å²) in [6.45, 7) is 0. The fraction of sp³-hybridized carbons (Fsp3) is 0.0625. The lowest BCUT2D eigenvalue weighted by atomic mass is 10.1. The molecule has 3 rings (SSSR count). The molecule has 0 bridgehead atoms. The van der Waals surface area contributed by atoms with Crippen LogP contribution in [0.15, 0.2) is 48.5 Å². The topological polar surface area (TPSA) is 25.0 Å². The number of benzene rings is 2. The van der Waals surface area contributed by atoms with Crippen molar-refractivity contribution in [3.05, 3.63) is 57.5 Å². The van der Waals surface area contributed by atoms with Crippen LogP contribution in [0, 0.1) is 3.95 Å². The highest BCUT2D eigenvalue weighted by Gasteiger charge is 2.11. The zero-order valence-corrected chi connectivity index (χ0v) is 13.6. The molecule has 1 aromatic heterocycles. The van der Waals surface area contributed by atoms with Crippen molar-refractivity contribution in [3.8, 4) is 27.4 Å². The Labute approximate surface area is 137 Å². The summed E-state index contributed by atoms with van der Waals surface area (Å²) >= 11 is 12.8. The minimum Gasteiger partial charge on any atom is -0.497 e. The number of thiazole rings is 1. The Bertz CT molecular complexity index is 804. The summed E-state index contributed by atoms with van der Waals surface area (Å²) < 4.78 is 5.95. The van der Waals surface area contributed by atoms with Crippen LogP contribution in [-0.2, 0) is 0 Å². The molecule has 0 fully saturated rings. The molecule has 0 spiro atoms. The molecule has 0 radical (unpaired) electrons. The van der Waals surface area contributed by atoms with Crippen molar-refractivity contribution in [2.45, 2.75) is 0 Å². The molecular formula is C16H12ClNOS2. The van der Waals surface area contributed by atoms with Crippen molar-refractivity contribution in [2.24, 2.45) is 0 Å². The second-order valence-electron chi connectivity index (χ2n) is 4.45. The fourth-order valence-corrected chi connectivity index (χ4v) is 3.43. The summed E-state index contributed by atoms with van der Waals surface area (Å²) in [4.78, 5) is 4.38. The van der Waals surface area contributed by atoms with E-state index in [1.54, 1.807) is 18.4 Å². The first kappa shape index (κ1) is 14.3. The lowest BCUT2D eigenvalue weighted by molar-refractivity contribution is 0.415. The fourth-order valence-electron chi connectivity index (χ4n) is 2.09. The highest BCUT2D eigenvalue weighted by Crippen LogP contribution is 2.36. The summed E-state index contributed by atoms with van der Waals surface area (Å²) in [6, 6.07) is 15.7. The van der Waals surface area contributed by atoms with E-state index >= 15 is 0 Å². The van der Waals surface area contributed by atoms with Crippen LogP contribution in [-0.4, -0.2) is 12.1 Å². The summed E-state index contributed by atoms with van der Waals surface area (Å²) in [5, 5.41) is 0.726. The average molecular weight is 334 g/mol. The lowest BCUT2D eigenvalue weighted by Crippen LogP contribution is -1.84. The Morgan fingerprint density at radius 1 is 1.00 bits per heavy atom. The number of aromatic nitrogens is 1. The first-order valence-corrected chi connectivity index (χ1v) is 7.91. The third-order valence-electron chi connectivity index (χ3n) is 3.13. The van der Waals surface area contributed by atoms with Crippen molar-refractivity contribution in [1.82, 2.24) is 4.98 Å². The molecule has 106 valence electrons. The molecule has 1 heterocycles. The van der Waals surface area contributed by atoms with Crippen LogP contribution < -0.4 is 4.74 Å². The van der Waals surface area contributed by atoms with Gasteiger partial charge >= 0.3 is 0 Å². The van der Waals surface area contributed by atoms with E-state index in [0.717, 1.165) is 36.4 Å². The van der Waals surface area contributed by atoms with E-state index in [4.69, 9.17) is 28.6 Å². The lowest BCUT2D eigenvalue weighted by Gasteiger charge is -2.05. The van der Waals surface area contributed by atoms with Crippen LogP contribution in [0.1, 0.15) is 0 Å². The second kappa shape index (κ2) is 6.02. The predicted octanol–water partition coefficient (Wildman–Crippen LogP) is 5.80. The van der Waals surface area contributed by atoms with Crippen molar-refractivity contribution < 1.29 is 4.74 Å². The number of hydrogen-bond acceptors (Lipinski definition) is 3. The molecule has 0 unspecified atom stereocenters. The third-order valence-corrected chi connectivity index (χ3v) is 4.67. The molecule has 0 amide bonds. The standard InChI is InChI=1S/C16H12ClNOS2/c1-19-13-8-4-10(5-9-13)14-15(21-16(20)18-14)11-2-6-12(17)7-3-11/h2-9H,1H3,(H,18,20). The molecule has 0 saturated heterocycles. The van der Waals surface area contributed by atoms with Gasteiger partial charge in [-0.2, -0.15) is 0 Å². The minimum absolute atomic E-state index is 0.726. The van der Waals surface area contributed by atoms with Gasteiger partial charge in [-0.25, -0.2) is 0 Å². The zero-order valence-electron chi connectivity index (χ0n) is 11.2. The molecule has 0 aliphatic heterocycles. The van der Waals surface area contributed by atoms with E-state index in [1.807, 2.05) is 48.5 Å². The van der Waals surface area contributed by atoms with Gasteiger partial charge in [0.2, 0.25) is 0 Å². The summed E-state index contributed by atoms with van der Waals surface area (Å²) in [6.07, 6.45) is 0. The number of rotatable bonds is 3. The number of halogens is 1. The highest BCUT2D eigenvalue weighted by atomic mass is 35.5. The maximum Gasteiger partial charge on any atom is 0.159 e. The van der Waals surface area contributed by atoms with Crippen molar-refractivity contribution in [3.63, 3.8) is 0 Å². The van der Waals surface area contributed by atoms with Gasteiger partial charge in [-0.1, -0.05) is 23.7 Å². The van der Waals surface area contributed by atoms with E-state index in [0.29, 0.717) is 0 Å². The van der Waals surface area contributed by atoms with E-state index in [1.165, 1.54) is 0 Å². The summed E-state index contributed by atoms with van der Waals surface area (Å²) in [7, 11) is 1.66. The van der Waals surface area contributed by atoms with E-state index in [2.05, 4.69) is 4.98 Å². The molecule has 0 atom stereocenters. The first-order chi connectivity index (χ1) is 10.2. The highest BCUT2D eigenvalue weighted by molar-refractivity contribution is 7.73. The number of aromatic amines is 1. The Kier molecular flexibility index (Phi) is 4.10. The molecule has 2 nitrogen and oxygen atoms in total. The van der Waals surface area contributed by atoms with Crippen molar-refractivity contribution in [2.75, 3.05) is 7.11 Å². The maximum atomic E-state index is 5.96. The van der Waals surface area contributed by atoms with Gasteiger partial charge in [0.1, 0.15) is 5.75 Å². The van der Waals surface area contributed by atoms with Crippen LogP contribution in [0.3, 0.4) is 0 Å². The quantitative estimate of drug-likeness (QED) is 0.612. The van der Waals surface area contributed by atoms with Crippen LogP contribution in [0.5, 0.6) is 5.75 Å². The number of methoxy groups -OCH3 is 1. The molecule has 0 aliphatic carbocycles. The van der Waals surface area contributed by atoms with Crippen LogP contribution in [0.2, 0.25) is 5.02 Å². The SMILES string of the molecule is COc1ccc(-c2[nH]c(=S)sc2-c2ccc(Cl)cc2)cc1. The monoisotopic (exact) mass is 333 g/mol. The van der Waals surface area contributed by atoms with Crippen molar-refractivity contribution in [1.29, 1.82) is 0 Å². The van der Waals surface area contributed by atoms with Gasteiger partial charge in [-0.15, -0.1) is 11.3 Å². The van der Waals surface area contributed by atoms with E-state index in [-0.39, 0.29) is 0 Å². The number of H-pyrrole nitrogens is 1. The molecule has 5 heteroatoms. The second-order valence-corrected chi connectivity index (χ2v) is 6.58. The molecule has 0 aliphatic rings. The number of nitrogens with one attached hydrogen (secondary N) is 1. The first-order valence-electron chi connectivity index (χ1n) is 6.31. The van der Waals surface area contributed by atoms with Gasteiger partial charge in [0, 0.05) is 5.02 Å². The molecule has 21 heavy (non-hydrogen) atoms. The number of ether oxygens (including phenoxy) is 1. The third kappa shape index (κ3) is 3.02. The van der Waals surface area contributed by atoms with E-state index < -0.39 is 0 Å². The Morgan fingerprint density at radius 3 is 2.24 bits per heavy atom. The van der Waals surface area contributed by atoms with Gasteiger partial charge in [0.25, 0.3) is 0 Å². The Hall–Kier alpha value is -1.62. The summed E-state index contributed by atoms with van der Waals surface area (Å²) in [5.74, 6) is 0.834. The van der Waals surface area contributed by atoms with Gasteiger partial charge in [-0.3, -0.25) is 0 Å². The average Bonchev–Trinajstić information content (AvgIpc) is 2.90. The zero-order chi connectivity index (χ0) is 14.8. The van der Waals surface area contributed by atoms with Gasteiger partial charge in [0.05, 0.1) is 17.7 Å². The maximum absolute atomic E-state index is 5.96. The molecule has 3 aromatic rings. The smallest absolute Gasteiger partial charge is 0.159 e. The minimum atomic E-state index is 0.726. The van der Waals surface area contributed by atoms with Gasteiger partial charge in [-0.05, 0) is 59.7 Å². The largest absolute Gasteiger partial charge is 0.497 e.